The van der Waals surface area contributed by atoms with Crippen LogP contribution in [0.15, 0.2) is 54.6 Å². The summed E-state index contributed by atoms with van der Waals surface area (Å²) in [6, 6.07) is 16.1. The molecule has 0 bridgehead atoms. The largest absolute Gasteiger partial charge is 0.419 e. The maximum absolute atomic E-state index is 12.9. The van der Waals surface area contributed by atoms with Crippen LogP contribution in [0.1, 0.15) is 46.0 Å². The summed E-state index contributed by atoms with van der Waals surface area (Å²) in [5, 5.41) is 5.49. The molecule has 0 aliphatic carbocycles. The molecule has 0 saturated heterocycles. The van der Waals surface area contributed by atoms with Gasteiger partial charge >= 0.3 is 12.1 Å². The first kappa shape index (κ1) is 22.3. The zero-order valence-electron chi connectivity index (χ0n) is 17.3. The van der Waals surface area contributed by atoms with Gasteiger partial charge in [-0.15, -0.1) is 0 Å². The Bertz CT molecular complexity index is 765. The summed E-state index contributed by atoms with van der Waals surface area (Å²) in [6.07, 6.45) is 4.70. The first-order valence-corrected chi connectivity index (χ1v) is 10.3. The summed E-state index contributed by atoms with van der Waals surface area (Å²) in [6.45, 7) is 5.35. The first-order chi connectivity index (χ1) is 14.1. The zero-order chi connectivity index (χ0) is 20.9. The zero-order valence-corrected chi connectivity index (χ0v) is 17.3. The summed E-state index contributed by atoms with van der Waals surface area (Å²) in [4.78, 5) is 26.3. The fourth-order valence-electron chi connectivity index (χ4n) is 2.84. The van der Waals surface area contributed by atoms with Crippen LogP contribution in [0, 0.1) is 0 Å². The third-order valence-electron chi connectivity index (χ3n) is 4.36. The molecule has 2 aromatic carbocycles. The Balaban J connectivity index is 2.04. The van der Waals surface area contributed by atoms with Gasteiger partial charge in [-0.1, -0.05) is 57.4 Å². The van der Waals surface area contributed by atoms with Gasteiger partial charge in [0.15, 0.2) is 0 Å². The molecule has 0 radical (unpaired) electrons. The number of nitrogens with zero attached hydrogens (tertiary/aromatic N) is 1. The summed E-state index contributed by atoms with van der Waals surface area (Å²) in [5.74, 6) is 0.387. The van der Waals surface area contributed by atoms with E-state index in [1.807, 2.05) is 37.3 Å². The number of amides is 3. The molecule has 29 heavy (non-hydrogen) atoms. The highest BCUT2D eigenvalue weighted by Crippen LogP contribution is 2.21. The van der Waals surface area contributed by atoms with Gasteiger partial charge in [0.2, 0.25) is 0 Å². The van der Waals surface area contributed by atoms with Crippen molar-refractivity contribution in [1.29, 1.82) is 0 Å². The predicted octanol–water partition coefficient (Wildman–Crippen LogP) is 5.80. The molecule has 0 saturated carbocycles. The van der Waals surface area contributed by atoms with Crippen molar-refractivity contribution in [3.05, 3.63) is 54.6 Å². The fourth-order valence-corrected chi connectivity index (χ4v) is 2.84. The molecule has 0 aliphatic heterocycles. The summed E-state index contributed by atoms with van der Waals surface area (Å²) < 4.78 is 5.61. The van der Waals surface area contributed by atoms with Crippen molar-refractivity contribution in [2.75, 3.05) is 23.3 Å². The number of carbonyl (C=O) groups excluding carboxylic acids is 2. The highest BCUT2D eigenvalue weighted by atomic mass is 16.6. The topological polar surface area (TPSA) is 70.7 Å². The number of para-hydroxylation sites is 1. The molecule has 0 spiro atoms. The number of ether oxygens (including phenoxy) is 1. The highest BCUT2D eigenvalue weighted by Gasteiger charge is 2.18. The number of unbranched alkanes of at least 4 members (excludes halogenated alkanes) is 3. The molecule has 2 N–H and O–H groups in total. The summed E-state index contributed by atoms with van der Waals surface area (Å²) >= 11 is 0. The van der Waals surface area contributed by atoms with Crippen LogP contribution in [0.25, 0.3) is 0 Å². The lowest BCUT2D eigenvalue weighted by Gasteiger charge is -2.22. The monoisotopic (exact) mass is 397 g/mol. The van der Waals surface area contributed by atoms with Crippen molar-refractivity contribution in [2.24, 2.45) is 0 Å². The van der Waals surface area contributed by atoms with Gasteiger partial charge in [-0.05, 0) is 37.1 Å². The molecular weight excluding hydrogens is 366 g/mol. The van der Waals surface area contributed by atoms with E-state index in [2.05, 4.69) is 17.6 Å². The average Bonchev–Trinajstić information content (AvgIpc) is 2.73. The Kier molecular flexibility index (Phi) is 9.55. The molecule has 0 unspecified atom stereocenters. The van der Waals surface area contributed by atoms with Crippen molar-refractivity contribution >= 4 is 23.5 Å². The van der Waals surface area contributed by atoms with E-state index in [9.17, 15) is 9.59 Å². The smallest absolute Gasteiger partial charge is 0.410 e. The van der Waals surface area contributed by atoms with Gasteiger partial charge in [-0.2, -0.15) is 0 Å². The Hall–Kier alpha value is -3.02. The van der Waals surface area contributed by atoms with Gasteiger partial charge < -0.3 is 15.4 Å². The Morgan fingerprint density at radius 3 is 2.45 bits per heavy atom. The van der Waals surface area contributed by atoms with Gasteiger partial charge in [0.1, 0.15) is 5.75 Å². The molecular formula is C23H31N3O3. The van der Waals surface area contributed by atoms with E-state index in [0.29, 0.717) is 24.5 Å². The molecule has 3 amide bonds. The molecule has 0 atom stereocenters. The molecule has 0 aromatic heterocycles. The van der Waals surface area contributed by atoms with Crippen LogP contribution in [-0.4, -0.2) is 25.2 Å². The van der Waals surface area contributed by atoms with Gasteiger partial charge in [-0.3, -0.25) is 4.90 Å². The number of nitrogens with one attached hydrogen (secondary N) is 2. The number of rotatable bonds is 10. The molecule has 156 valence electrons. The SMILES string of the molecule is CCCCCCN(C(=O)Oc1cccc(NC(=O)NCCC)c1)c1ccccc1. The van der Waals surface area contributed by atoms with Crippen LogP contribution in [0.3, 0.4) is 0 Å². The van der Waals surface area contributed by atoms with E-state index in [0.717, 1.165) is 37.8 Å². The van der Waals surface area contributed by atoms with Crippen molar-refractivity contribution in [3.63, 3.8) is 0 Å². The quantitative estimate of drug-likeness (QED) is 0.498. The normalized spacial score (nSPS) is 10.3. The number of anilines is 2. The molecule has 0 aliphatic rings. The maximum atomic E-state index is 12.9. The highest BCUT2D eigenvalue weighted by molar-refractivity contribution is 5.91. The van der Waals surface area contributed by atoms with E-state index >= 15 is 0 Å². The molecule has 6 heteroatoms. The minimum Gasteiger partial charge on any atom is -0.410 e. The second-order valence-electron chi connectivity index (χ2n) is 6.82. The second-order valence-corrected chi connectivity index (χ2v) is 6.82. The van der Waals surface area contributed by atoms with Crippen molar-refractivity contribution in [2.45, 2.75) is 46.0 Å². The van der Waals surface area contributed by atoms with E-state index in [1.54, 1.807) is 29.2 Å². The number of hydrogen-bond donors (Lipinski definition) is 2. The Labute approximate surface area is 173 Å². The molecule has 6 nitrogen and oxygen atoms in total. The van der Waals surface area contributed by atoms with Crippen LogP contribution in [-0.2, 0) is 0 Å². The molecule has 2 aromatic rings. The van der Waals surface area contributed by atoms with Crippen LogP contribution >= 0.6 is 0 Å². The third kappa shape index (κ3) is 7.86. The number of urea groups is 1. The third-order valence-corrected chi connectivity index (χ3v) is 4.36. The van der Waals surface area contributed by atoms with E-state index < -0.39 is 6.09 Å². The number of benzene rings is 2. The van der Waals surface area contributed by atoms with Crippen LogP contribution < -0.4 is 20.3 Å². The van der Waals surface area contributed by atoms with Gasteiger partial charge in [0.25, 0.3) is 0 Å². The lowest BCUT2D eigenvalue weighted by molar-refractivity contribution is 0.207. The van der Waals surface area contributed by atoms with Crippen molar-refractivity contribution < 1.29 is 14.3 Å². The van der Waals surface area contributed by atoms with E-state index in [1.165, 1.54) is 0 Å². The standard InChI is InChI=1S/C23H31N3O3/c1-3-5-6-10-17-26(20-13-8-7-9-14-20)23(28)29-21-15-11-12-19(18-21)25-22(27)24-16-4-2/h7-9,11-15,18H,3-6,10,16-17H2,1-2H3,(H2,24,25,27). The van der Waals surface area contributed by atoms with Gasteiger partial charge in [0.05, 0.1) is 0 Å². The molecule has 0 fully saturated rings. The second kappa shape index (κ2) is 12.4. The van der Waals surface area contributed by atoms with Crippen LogP contribution in [0.4, 0.5) is 21.0 Å². The maximum Gasteiger partial charge on any atom is 0.419 e. The van der Waals surface area contributed by atoms with Crippen LogP contribution in [0.5, 0.6) is 5.75 Å². The lowest BCUT2D eigenvalue weighted by Crippen LogP contribution is -2.34. The summed E-state index contributed by atoms with van der Waals surface area (Å²) in [5.41, 5.74) is 1.38. The van der Waals surface area contributed by atoms with Crippen molar-refractivity contribution in [3.8, 4) is 5.75 Å². The van der Waals surface area contributed by atoms with Gasteiger partial charge in [0, 0.05) is 30.5 Å². The first-order valence-electron chi connectivity index (χ1n) is 10.3. The fraction of sp³-hybridized carbons (Fsp3) is 0.391. The van der Waals surface area contributed by atoms with E-state index in [4.69, 9.17) is 4.74 Å². The van der Waals surface area contributed by atoms with Crippen molar-refractivity contribution in [1.82, 2.24) is 5.32 Å². The van der Waals surface area contributed by atoms with E-state index in [-0.39, 0.29) is 6.03 Å². The number of hydrogen-bond acceptors (Lipinski definition) is 3. The lowest BCUT2D eigenvalue weighted by atomic mass is 10.2. The summed E-state index contributed by atoms with van der Waals surface area (Å²) in [7, 11) is 0. The predicted molar refractivity (Wildman–Crippen MR) is 118 cm³/mol. The molecule has 2 rings (SSSR count). The minimum absolute atomic E-state index is 0.280. The van der Waals surface area contributed by atoms with Gasteiger partial charge in [-0.25, -0.2) is 9.59 Å². The van der Waals surface area contributed by atoms with Crippen LogP contribution in [0.2, 0.25) is 0 Å². The Morgan fingerprint density at radius 2 is 1.72 bits per heavy atom. The minimum atomic E-state index is -0.430. The average molecular weight is 398 g/mol. The number of carbonyl (C=O) groups is 2. The molecule has 0 heterocycles. The Morgan fingerprint density at radius 1 is 0.931 bits per heavy atom.